The Morgan fingerprint density at radius 1 is 1.44 bits per heavy atom. The fraction of sp³-hybridized carbons (Fsp3) is 0.250. The van der Waals surface area contributed by atoms with Crippen LogP contribution in [0.1, 0.15) is 24.3 Å². The van der Waals surface area contributed by atoms with E-state index in [2.05, 4.69) is 17.2 Å². The Hall–Kier alpha value is -1.42. The van der Waals surface area contributed by atoms with Gasteiger partial charge in [-0.1, -0.05) is 13.0 Å². The van der Waals surface area contributed by atoms with Crippen molar-refractivity contribution >= 4 is 17.2 Å². The lowest BCUT2D eigenvalue weighted by molar-refractivity contribution is 0.618. The quantitative estimate of drug-likeness (QED) is 0.872. The molecule has 0 saturated carbocycles. The van der Waals surface area contributed by atoms with Gasteiger partial charge in [-0.15, -0.1) is 11.3 Å². The van der Waals surface area contributed by atoms with Crippen LogP contribution in [0.2, 0.25) is 0 Å². The number of halogens is 1. The molecule has 1 unspecified atom stereocenters. The average molecular weight is 236 g/mol. The van der Waals surface area contributed by atoms with Gasteiger partial charge in [0.1, 0.15) is 0 Å². The number of pyridine rings is 1. The Bertz CT molecular complexity index is 442. The van der Waals surface area contributed by atoms with Crippen LogP contribution < -0.4 is 5.32 Å². The first-order valence-electron chi connectivity index (χ1n) is 5.21. The van der Waals surface area contributed by atoms with Gasteiger partial charge in [-0.25, -0.2) is 9.37 Å². The summed E-state index contributed by atoms with van der Waals surface area (Å²) in [6.07, 6.45) is 2.49. The maximum Gasteiger partial charge on any atom is 0.165 e. The minimum Gasteiger partial charge on any atom is -0.360 e. The molecular weight excluding hydrogens is 223 g/mol. The molecule has 1 atom stereocenters. The summed E-state index contributed by atoms with van der Waals surface area (Å²) in [4.78, 5) is 5.20. The van der Waals surface area contributed by atoms with Gasteiger partial charge < -0.3 is 5.32 Å². The maximum absolute atomic E-state index is 13.4. The topological polar surface area (TPSA) is 24.9 Å². The number of anilines is 1. The van der Waals surface area contributed by atoms with Crippen LogP contribution in [-0.4, -0.2) is 4.98 Å². The molecule has 2 aromatic rings. The summed E-state index contributed by atoms with van der Waals surface area (Å²) in [7, 11) is 0. The van der Waals surface area contributed by atoms with Crippen LogP contribution in [0, 0.1) is 5.82 Å². The van der Waals surface area contributed by atoms with E-state index in [0.717, 1.165) is 6.42 Å². The third-order valence-corrected chi connectivity index (χ3v) is 3.35. The largest absolute Gasteiger partial charge is 0.360 e. The van der Waals surface area contributed by atoms with E-state index in [1.165, 1.54) is 10.9 Å². The molecule has 2 heterocycles. The van der Waals surface area contributed by atoms with E-state index in [4.69, 9.17) is 0 Å². The molecule has 2 aromatic heterocycles. The molecule has 1 N–H and O–H groups in total. The van der Waals surface area contributed by atoms with Crippen molar-refractivity contribution in [1.29, 1.82) is 0 Å². The maximum atomic E-state index is 13.4. The lowest BCUT2D eigenvalue weighted by Crippen LogP contribution is -2.10. The van der Waals surface area contributed by atoms with Crippen molar-refractivity contribution in [2.24, 2.45) is 0 Å². The normalized spacial score (nSPS) is 12.4. The Labute approximate surface area is 98.2 Å². The minimum absolute atomic E-state index is 0.129. The fourth-order valence-electron chi connectivity index (χ4n) is 1.52. The number of thiophene rings is 1. The van der Waals surface area contributed by atoms with Gasteiger partial charge in [-0.3, -0.25) is 0 Å². The fourth-order valence-corrected chi connectivity index (χ4v) is 2.38. The molecule has 0 radical (unpaired) electrons. The Morgan fingerprint density at radius 3 is 2.94 bits per heavy atom. The lowest BCUT2D eigenvalue weighted by Gasteiger charge is -2.16. The minimum atomic E-state index is -0.308. The molecule has 2 rings (SSSR count). The molecule has 0 aromatic carbocycles. The van der Waals surface area contributed by atoms with Gasteiger partial charge in [0.05, 0.1) is 6.04 Å². The van der Waals surface area contributed by atoms with Crippen molar-refractivity contribution in [3.8, 4) is 0 Å². The van der Waals surface area contributed by atoms with Gasteiger partial charge in [-0.05, 0) is 30.0 Å². The molecule has 0 aliphatic carbocycles. The molecule has 4 heteroatoms. The summed E-state index contributed by atoms with van der Waals surface area (Å²) >= 11 is 1.67. The second-order valence-electron chi connectivity index (χ2n) is 3.45. The van der Waals surface area contributed by atoms with Crippen LogP contribution in [0.5, 0.6) is 0 Å². The van der Waals surface area contributed by atoms with Gasteiger partial charge in [0.2, 0.25) is 0 Å². The highest BCUT2D eigenvalue weighted by Crippen LogP contribution is 2.26. The first-order chi connectivity index (χ1) is 7.81. The lowest BCUT2D eigenvalue weighted by atomic mass is 10.2. The Balaban J connectivity index is 2.17. The van der Waals surface area contributed by atoms with Crippen LogP contribution in [-0.2, 0) is 0 Å². The second-order valence-corrected chi connectivity index (χ2v) is 4.43. The molecular formula is C12H13FN2S. The molecule has 16 heavy (non-hydrogen) atoms. The van der Waals surface area contributed by atoms with Crippen LogP contribution in [0.15, 0.2) is 35.8 Å². The predicted octanol–water partition coefficient (Wildman–Crippen LogP) is 3.85. The molecule has 0 saturated heterocycles. The summed E-state index contributed by atoms with van der Waals surface area (Å²) in [6, 6.07) is 7.18. The van der Waals surface area contributed by atoms with E-state index < -0.39 is 0 Å². The number of aromatic nitrogens is 1. The molecule has 2 nitrogen and oxygen atoms in total. The summed E-state index contributed by atoms with van der Waals surface area (Å²) in [5.74, 6) is 0.0141. The Morgan fingerprint density at radius 2 is 2.31 bits per heavy atom. The first-order valence-corrected chi connectivity index (χ1v) is 6.09. The van der Waals surface area contributed by atoms with E-state index in [9.17, 15) is 4.39 Å². The van der Waals surface area contributed by atoms with Crippen molar-refractivity contribution < 1.29 is 4.39 Å². The summed E-state index contributed by atoms with van der Waals surface area (Å²) < 4.78 is 13.4. The van der Waals surface area contributed by atoms with Gasteiger partial charge >= 0.3 is 0 Å². The van der Waals surface area contributed by atoms with E-state index in [1.807, 2.05) is 17.5 Å². The molecule has 0 amide bonds. The van der Waals surface area contributed by atoms with Crippen LogP contribution in [0.4, 0.5) is 10.2 Å². The summed E-state index contributed by atoms with van der Waals surface area (Å²) in [6.45, 7) is 2.07. The number of nitrogens with zero attached hydrogens (tertiary/aromatic N) is 1. The molecule has 0 spiro atoms. The monoisotopic (exact) mass is 236 g/mol. The highest BCUT2D eigenvalue weighted by atomic mass is 32.1. The number of nitrogens with one attached hydrogen (secondary N) is 1. The van der Waals surface area contributed by atoms with Crippen LogP contribution in [0.25, 0.3) is 0 Å². The third-order valence-electron chi connectivity index (χ3n) is 2.36. The smallest absolute Gasteiger partial charge is 0.165 e. The van der Waals surface area contributed by atoms with E-state index in [0.29, 0.717) is 5.82 Å². The van der Waals surface area contributed by atoms with Crippen LogP contribution in [0.3, 0.4) is 0 Å². The SMILES string of the molecule is CCC(Nc1ncccc1F)c1cccs1. The third kappa shape index (κ3) is 2.39. The van der Waals surface area contributed by atoms with E-state index >= 15 is 0 Å². The van der Waals surface area contributed by atoms with Gasteiger partial charge in [0.25, 0.3) is 0 Å². The molecule has 0 aliphatic heterocycles. The first kappa shape index (κ1) is 11.1. The summed E-state index contributed by atoms with van der Waals surface area (Å²) in [5.41, 5.74) is 0. The van der Waals surface area contributed by atoms with E-state index in [-0.39, 0.29) is 11.9 Å². The Kier molecular flexibility index (Phi) is 3.51. The zero-order chi connectivity index (χ0) is 11.4. The zero-order valence-electron chi connectivity index (χ0n) is 8.98. The van der Waals surface area contributed by atoms with Gasteiger partial charge in [0.15, 0.2) is 11.6 Å². The van der Waals surface area contributed by atoms with Gasteiger partial charge in [-0.2, -0.15) is 0 Å². The number of rotatable bonds is 4. The van der Waals surface area contributed by atoms with Crippen molar-refractivity contribution in [3.63, 3.8) is 0 Å². The summed E-state index contributed by atoms with van der Waals surface area (Å²) in [5, 5.41) is 5.15. The van der Waals surface area contributed by atoms with Crippen molar-refractivity contribution in [2.75, 3.05) is 5.32 Å². The molecule has 0 fully saturated rings. The van der Waals surface area contributed by atoms with Crippen molar-refractivity contribution in [1.82, 2.24) is 4.98 Å². The number of hydrogen-bond donors (Lipinski definition) is 1. The van der Waals surface area contributed by atoms with Crippen LogP contribution >= 0.6 is 11.3 Å². The van der Waals surface area contributed by atoms with E-state index in [1.54, 1.807) is 23.6 Å². The standard InChI is InChI=1S/C12H13FN2S/c1-2-10(11-6-4-8-16-11)15-12-9(13)5-3-7-14-12/h3-8,10H,2H2,1H3,(H,14,15). The molecule has 84 valence electrons. The highest BCUT2D eigenvalue weighted by Gasteiger charge is 2.12. The van der Waals surface area contributed by atoms with Gasteiger partial charge in [0, 0.05) is 11.1 Å². The predicted molar refractivity (Wildman–Crippen MR) is 65.2 cm³/mol. The molecule has 0 bridgehead atoms. The zero-order valence-corrected chi connectivity index (χ0v) is 9.80. The van der Waals surface area contributed by atoms with Crippen molar-refractivity contribution in [2.45, 2.75) is 19.4 Å². The number of hydrogen-bond acceptors (Lipinski definition) is 3. The van der Waals surface area contributed by atoms with Crippen molar-refractivity contribution in [3.05, 3.63) is 46.5 Å². The molecule has 0 aliphatic rings. The second kappa shape index (κ2) is 5.07. The highest BCUT2D eigenvalue weighted by molar-refractivity contribution is 7.10. The average Bonchev–Trinajstić information content (AvgIpc) is 2.81.